The highest BCUT2D eigenvalue weighted by Gasteiger charge is 2.16. The Morgan fingerprint density at radius 1 is 1.53 bits per heavy atom. The van der Waals surface area contributed by atoms with Crippen molar-refractivity contribution in [2.75, 3.05) is 0 Å². The van der Waals surface area contributed by atoms with Crippen LogP contribution in [0.2, 0.25) is 0 Å². The van der Waals surface area contributed by atoms with E-state index in [-0.39, 0.29) is 18.4 Å². The van der Waals surface area contributed by atoms with Gasteiger partial charge < -0.3 is 18.1 Å². The molecule has 0 radical (unpaired) electrons. The fraction of sp³-hybridized carbons (Fsp3) is 0.727. The van der Waals surface area contributed by atoms with Crippen LogP contribution in [-0.4, -0.2) is 10.6 Å². The quantitative estimate of drug-likeness (QED) is 0.598. The maximum absolute atomic E-state index is 6.11. The molecule has 1 heterocycles. The Balaban J connectivity index is 0.00000196. The largest absolute Gasteiger partial charge is 1.00 e. The van der Waals surface area contributed by atoms with Gasteiger partial charge in [0.1, 0.15) is 18.9 Å². The molecule has 0 aliphatic heterocycles. The summed E-state index contributed by atoms with van der Waals surface area (Å²) in [7, 11) is 2.06. The van der Waals surface area contributed by atoms with E-state index in [0.717, 1.165) is 13.0 Å². The Bertz CT molecular complexity index is 296. The average molecular weight is 232 g/mol. The van der Waals surface area contributed by atoms with Crippen molar-refractivity contribution in [3.63, 3.8) is 0 Å². The van der Waals surface area contributed by atoms with Crippen LogP contribution in [0.5, 0.6) is 0 Å². The van der Waals surface area contributed by atoms with Gasteiger partial charge in [-0.15, -0.1) is 0 Å². The molecule has 0 saturated carbocycles. The van der Waals surface area contributed by atoms with E-state index < -0.39 is 0 Å². The number of aromatic nitrogens is 2. The molecule has 2 atom stereocenters. The maximum Gasteiger partial charge on any atom is 0.253 e. The third-order valence-corrected chi connectivity index (χ3v) is 3.18. The standard InChI is InChI=1S/C11H22N3.ClH/c1-5-9(2)11(12)8-14-7-6-13(4)10(14)3;/h6-7,9,11H,5,8,12H2,1-4H3;1H/q+1;/p-1/t9?,11-;/m1./s1. The van der Waals surface area contributed by atoms with Crippen molar-refractivity contribution in [3.8, 4) is 0 Å². The second-order valence-corrected chi connectivity index (χ2v) is 4.16. The fourth-order valence-electron chi connectivity index (χ4n) is 1.50. The van der Waals surface area contributed by atoms with Crippen molar-refractivity contribution >= 4 is 0 Å². The normalized spacial score (nSPS) is 14.5. The highest BCUT2D eigenvalue weighted by Crippen LogP contribution is 2.07. The van der Waals surface area contributed by atoms with E-state index in [2.05, 4.69) is 49.3 Å². The van der Waals surface area contributed by atoms with Gasteiger partial charge in [0.25, 0.3) is 5.82 Å². The predicted molar refractivity (Wildman–Crippen MR) is 57.8 cm³/mol. The summed E-state index contributed by atoms with van der Waals surface area (Å²) in [5.74, 6) is 1.84. The van der Waals surface area contributed by atoms with Gasteiger partial charge in [0.2, 0.25) is 0 Å². The minimum Gasteiger partial charge on any atom is -1.00 e. The molecule has 0 saturated heterocycles. The molecular formula is C11H22ClN3. The summed E-state index contributed by atoms with van der Waals surface area (Å²) in [5, 5.41) is 0. The van der Waals surface area contributed by atoms with Gasteiger partial charge in [0.05, 0.1) is 7.05 Å². The second kappa shape index (κ2) is 6.13. The molecule has 4 heteroatoms. The lowest BCUT2D eigenvalue weighted by atomic mass is 10.0. The average Bonchev–Trinajstić information content (AvgIpc) is 2.48. The molecule has 0 fully saturated rings. The van der Waals surface area contributed by atoms with E-state index >= 15 is 0 Å². The van der Waals surface area contributed by atoms with Crippen LogP contribution >= 0.6 is 0 Å². The van der Waals surface area contributed by atoms with Crippen molar-refractivity contribution < 1.29 is 17.0 Å². The van der Waals surface area contributed by atoms with Gasteiger partial charge in [-0.1, -0.05) is 20.3 Å². The molecule has 15 heavy (non-hydrogen) atoms. The fourth-order valence-corrected chi connectivity index (χ4v) is 1.50. The lowest BCUT2D eigenvalue weighted by Gasteiger charge is -2.16. The molecule has 0 bridgehead atoms. The van der Waals surface area contributed by atoms with Crippen molar-refractivity contribution in [2.45, 2.75) is 39.8 Å². The third kappa shape index (κ3) is 3.50. The van der Waals surface area contributed by atoms with Gasteiger partial charge in [-0.2, -0.15) is 0 Å². The monoisotopic (exact) mass is 231 g/mol. The Morgan fingerprint density at radius 2 is 2.13 bits per heavy atom. The number of rotatable bonds is 4. The number of hydrogen-bond acceptors (Lipinski definition) is 1. The molecule has 0 spiro atoms. The summed E-state index contributed by atoms with van der Waals surface area (Å²) in [6, 6.07) is 0.256. The van der Waals surface area contributed by atoms with Gasteiger partial charge in [-0.05, 0) is 5.92 Å². The molecule has 1 rings (SSSR count). The summed E-state index contributed by atoms with van der Waals surface area (Å²) >= 11 is 0. The van der Waals surface area contributed by atoms with E-state index in [0.29, 0.717) is 5.92 Å². The van der Waals surface area contributed by atoms with Crippen LogP contribution in [0.1, 0.15) is 26.1 Å². The number of hydrogen-bond donors (Lipinski definition) is 1. The van der Waals surface area contributed by atoms with Gasteiger partial charge in [0, 0.05) is 13.0 Å². The van der Waals surface area contributed by atoms with Crippen molar-refractivity contribution in [3.05, 3.63) is 18.2 Å². The van der Waals surface area contributed by atoms with E-state index in [1.165, 1.54) is 5.82 Å². The lowest BCUT2D eigenvalue weighted by Crippen LogP contribution is -3.00. The second-order valence-electron chi connectivity index (χ2n) is 4.16. The Morgan fingerprint density at radius 3 is 2.53 bits per heavy atom. The first-order valence-corrected chi connectivity index (χ1v) is 5.33. The smallest absolute Gasteiger partial charge is 0.253 e. The topological polar surface area (TPSA) is 34.8 Å². The summed E-state index contributed by atoms with van der Waals surface area (Å²) in [5.41, 5.74) is 6.11. The van der Waals surface area contributed by atoms with Crippen LogP contribution in [0.4, 0.5) is 0 Å². The summed E-state index contributed by atoms with van der Waals surface area (Å²) < 4.78 is 4.33. The zero-order valence-corrected chi connectivity index (χ0v) is 10.8. The molecule has 0 aliphatic carbocycles. The molecule has 1 aromatic heterocycles. The number of halogens is 1. The van der Waals surface area contributed by atoms with Crippen molar-refractivity contribution in [1.82, 2.24) is 4.57 Å². The molecule has 0 amide bonds. The first-order valence-electron chi connectivity index (χ1n) is 5.33. The van der Waals surface area contributed by atoms with Crippen LogP contribution in [-0.2, 0) is 13.6 Å². The van der Waals surface area contributed by atoms with Crippen LogP contribution in [0.3, 0.4) is 0 Å². The van der Waals surface area contributed by atoms with Crippen LogP contribution in [0.15, 0.2) is 12.4 Å². The maximum atomic E-state index is 6.11. The zero-order chi connectivity index (χ0) is 10.7. The Kier molecular flexibility index (Phi) is 5.91. The number of nitrogens with two attached hydrogens (primary N) is 1. The molecule has 0 aromatic carbocycles. The highest BCUT2D eigenvalue weighted by atomic mass is 35.5. The van der Waals surface area contributed by atoms with Gasteiger partial charge in [-0.25, -0.2) is 9.13 Å². The molecule has 2 N–H and O–H groups in total. The van der Waals surface area contributed by atoms with Gasteiger partial charge in [0.15, 0.2) is 0 Å². The molecule has 1 unspecified atom stereocenters. The summed E-state index contributed by atoms with van der Waals surface area (Å²) in [4.78, 5) is 0. The van der Waals surface area contributed by atoms with Gasteiger partial charge in [-0.3, -0.25) is 0 Å². The van der Waals surface area contributed by atoms with E-state index in [4.69, 9.17) is 5.73 Å². The Hall–Kier alpha value is -0.540. The zero-order valence-electron chi connectivity index (χ0n) is 10.1. The van der Waals surface area contributed by atoms with E-state index in [9.17, 15) is 0 Å². The number of imidazole rings is 1. The summed E-state index contributed by atoms with van der Waals surface area (Å²) in [6.45, 7) is 7.43. The first-order chi connectivity index (χ1) is 6.56. The minimum absolute atomic E-state index is 0. The van der Waals surface area contributed by atoms with Gasteiger partial charge >= 0.3 is 0 Å². The number of nitrogens with zero attached hydrogens (tertiary/aromatic N) is 2. The minimum atomic E-state index is 0. The van der Waals surface area contributed by atoms with E-state index in [1.54, 1.807) is 0 Å². The predicted octanol–water partition coefficient (Wildman–Crippen LogP) is -2.00. The van der Waals surface area contributed by atoms with E-state index in [1.807, 2.05) is 0 Å². The molecule has 88 valence electrons. The molecule has 1 aromatic rings. The summed E-state index contributed by atoms with van der Waals surface area (Å²) in [6.07, 6.45) is 5.31. The Labute approximate surface area is 98.7 Å². The first kappa shape index (κ1) is 14.5. The lowest BCUT2D eigenvalue weighted by molar-refractivity contribution is -0.677. The van der Waals surface area contributed by atoms with Crippen LogP contribution in [0, 0.1) is 12.8 Å². The van der Waals surface area contributed by atoms with Crippen molar-refractivity contribution in [1.29, 1.82) is 0 Å². The SMILES string of the molecule is CCC(C)[C@H](N)Cn1cc[n+](C)c1C.[Cl-]. The highest BCUT2D eigenvalue weighted by molar-refractivity contribution is 4.82. The van der Waals surface area contributed by atoms with Crippen molar-refractivity contribution in [2.24, 2.45) is 18.7 Å². The third-order valence-electron chi connectivity index (χ3n) is 3.18. The van der Waals surface area contributed by atoms with Crippen LogP contribution in [0.25, 0.3) is 0 Å². The molecule has 3 nitrogen and oxygen atoms in total. The molecule has 0 aliphatic rings. The molecular weight excluding hydrogens is 210 g/mol. The van der Waals surface area contributed by atoms with Crippen LogP contribution < -0.4 is 22.7 Å². The number of aryl methyl sites for hydroxylation is 1.